The first-order valence-electron chi connectivity index (χ1n) is 5.47. The summed E-state index contributed by atoms with van der Waals surface area (Å²) in [5, 5.41) is 5.54. The molecule has 0 aliphatic rings. The van der Waals surface area contributed by atoms with Gasteiger partial charge in [0.05, 0.1) is 12.2 Å². The van der Waals surface area contributed by atoms with E-state index in [1.807, 2.05) is 6.20 Å². The number of aromatic nitrogens is 2. The van der Waals surface area contributed by atoms with Gasteiger partial charge in [0.1, 0.15) is 14.4 Å². The molecule has 92 valence electrons. The lowest BCUT2D eigenvalue weighted by Crippen LogP contribution is -2.17. The Morgan fingerprint density at radius 2 is 2.18 bits per heavy atom. The van der Waals surface area contributed by atoms with Gasteiger partial charge in [-0.1, -0.05) is 18.5 Å². The molecule has 6 heteroatoms. The Balaban J connectivity index is 1.90. The molecule has 0 amide bonds. The second-order valence-corrected chi connectivity index (χ2v) is 6.57. The molecular weight excluding hydrogens is 274 g/mol. The zero-order chi connectivity index (χ0) is 12.3. The van der Waals surface area contributed by atoms with E-state index in [9.17, 15) is 0 Å². The van der Waals surface area contributed by atoms with Crippen LogP contribution in [0.25, 0.3) is 0 Å². The van der Waals surface area contributed by atoms with Gasteiger partial charge in [-0.05, 0) is 13.3 Å². The summed E-state index contributed by atoms with van der Waals surface area (Å²) in [5.41, 5.74) is 0. The van der Waals surface area contributed by atoms with Crippen LogP contribution in [0.2, 0.25) is 4.34 Å². The minimum atomic E-state index is 0.253. The van der Waals surface area contributed by atoms with Gasteiger partial charge in [0, 0.05) is 17.6 Å². The summed E-state index contributed by atoms with van der Waals surface area (Å²) in [6.45, 7) is 5.00. The summed E-state index contributed by atoms with van der Waals surface area (Å²) >= 11 is 9.11. The smallest absolute Gasteiger partial charge is 0.113 e. The summed E-state index contributed by atoms with van der Waals surface area (Å²) in [6, 6.07) is 0.253. The van der Waals surface area contributed by atoms with Crippen molar-refractivity contribution in [2.24, 2.45) is 0 Å². The molecule has 0 bridgehead atoms. The quantitative estimate of drug-likeness (QED) is 0.912. The Morgan fingerprint density at radius 3 is 2.76 bits per heavy atom. The average molecular weight is 288 g/mol. The van der Waals surface area contributed by atoms with Crippen LogP contribution in [0.1, 0.15) is 34.8 Å². The lowest BCUT2D eigenvalue weighted by atomic mass is 10.3. The summed E-state index contributed by atoms with van der Waals surface area (Å²) in [6.07, 6.45) is 4.69. The fourth-order valence-corrected chi connectivity index (χ4v) is 3.18. The maximum absolute atomic E-state index is 5.83. The first-order chi connectivity index (χ1) is 8.19. The van der Waals surface area contributed by atoms with Crippen LogP contribution < -0.4 is 5.32 Å². The minimum Gasteiger partial charge on any atom is -0.302 e. The van der Waals surface area contributed by atoms with E-state index < -0.39 is 0 Å². The third-order valence-electron chi connectivity index (χ3n) is 2.38. The van der Waals surface area contributed by atoms with Crippen LogP contribution in [0.4, 0.5) is 0 Å². The average Bonchev–Trinajstić information content (AvgIpc) is 2.94. The number of aryl methyl sites for hydroxylation is 1. The van der Waals surface area contributed by atoms with E-state index in [4.69, 9.17) is 11.6 Å². The van der Waals surface area contributed by atoms with E-state index >= 15 is 0 Å². The van der Waals surface area contributed by atoms with Crippen LogP contribution in [0.5, 0.6) is 0 Å². The van der Waals surface area contributed by atoms with Gasteiger partial charge in [0.2, 0.25) is 0 Å². The molecule has 3 nitrogen and oxygen atoms in total. The summed E-state index contributed by atoms with van der Waals surface area (Å²) < 4.78 is 0.733. The molecule has 0 fully saturated rings. The highest BCUT2D eigenvalue weighted by molar-refractivity contribution is 7.15. The Bertz CT molecular complexity index is 481. The molecule has 0 radical (unpaired) electrons. The first kappa shape index (κ1) is 13.0. The van der Waals surface area contributed by atoms with E-state index in [1.165, 1.54) is 16.2 Å². The Morgan fingerprint density at radius 1 is 1.35 bits per heavy atom. The molecule has 0 spiro atoms. The second-order valence-electron chi connectivity index (χ2n) is 3.68. The number of halogens is 1. The Hall–Kier alpha value is -0.490. The fraction of sp³-hybridized carbons (Fsp3) is 0.455. The van der Waals surface area contributed by atoms with Gasteiger partial charge in [-0.2, -0.15) is 0 Å². The summed E-state index contributed by atoms with van der Waals surface area (Å²) in [4.78, 5) is 9.95. The SMILES string of the molecule is CCc1cnc(C(C)NCc2ncc(Cl)s2)s1. The molecule has 0 aromatic carbocycles. The van der Waals surface area contributed by atoms with Crippen LogP contribution >= 0.6 is 34.3 Å². The van der Waals surface area contributed by atoms with E-state index in [0.29, 0.717) is 0 Å². The summed E-state index contributed by atoms with van der Waals surface area (Å²) in [5.74, 6) is 0. The zero-order valence-electron chi connectivity index (χ0n) is 9.74. The predicted octanol–water partition coefficient (Wildman–Crippen LogP) is 3.67. The molecule has 0 saturated carbocycles. The molecule has 1 atom stereocenters. The number of hydrogen-bond acceptors (Lipinski definition) is 5. The van der Waals surface area contributed by atoms with Gasteiger partial charge in [0.25, 0.3) is 0 Å². The van der Waals surface area contributed by atoms with Crippen molar-refractivity contribution in [1.82, 2.24) is 15.3 Å². The van der Waals surface area contributed by atoms with Crippen molar-refractivity contribution in [3.63, 3.8) is 0 Å². The van der Waals surface area contributed by atoms with Crippen molar-refractivity contribution in [3.8, 4) is 0 Å². The topological polar surface area (TPSA) is 37.8 Å². The van der Waals surface area contributed by atoms with Crippen molar-refractivity contribution in [2.75, 3.05) is 0 Å². The molecule has 1 N–H and O–H groups in total. The third-order valence-corrected chi connectivity index (χ3v) is 4.81. The molecule has 0 aliphatic carbocycles. The standard InChI is InChI=1S/C11H14ClN3S2/c1-3-8-4-15-11(16-8)7(2)13-6-10-14-5-9(12)17-10/h4-5,7,13H,3,6H2,1-2H3. The van der Waals surface area contributed by atoms with Crippen LogP contribution in [-0.2, 0) is 13.0 Å². The Kier molecular flexibility index (Phi) is 4.50. The molecule has 2 aromatic heterocycles. The van der Waals surface area contributed by atoms with E-state index in [1.54, 1.807) is 17.5 Å². The van der Waals surface area contributed by atoms with Crippen molar-refractivity contribution in [3.05, 3.63) is 31.6 Å². The molecule has 2 aromatic rings. The van der Waals surface area contributed by atoms with Crippen molar-refractivity contribution in [1.29, 1.82) is 0 Å². The molecule has 1 unspecified atom stereocenters. The van der Waals surface area contributed by atoms with Gasteiger partial charge in [0.15, 0.2) is 0 Å². The molecule has 0 aliphatic heterocycles. The van der Waals surface area contributed by atoms with E-state index in [-0.39, 0.29) is 6.04 Å². The van der Waals surface area contributed by atoms with Crippen molar-refractivity contribution in [2.45, 2.75) is 32.9 Å². The van der Waals surface area contributed by atoms with E-state index in [0.717, 1.165) is 27.3 Å². The monoisotopic (exact) mass is 287 g/mol. The van der Waals surface area contributed by atoms with Gasteiger partial charge in [-0.3, -0.25) is 0 Å². The molecule has 17 heavy (non-hydrogen) atoms. The van der Waals surface area contributed by atoms with Crippen LogP contribution in [0, 0.1) is 0 Å². The largest absolute Gasteiger partial charge is 0.302 e. The van der Waals surface area contributed by atoms with Crippen LogP contribution in [-0.4, -0.2) is 9.97 Å². The third kappa shape index (κ3) is 3.48. The number of rotatable bonds is 5. The van der Waals surface area contributed by atoms with Crippen molar-refractivity contribution < 1.29 is 0 Å². The Labute approximate surface area is 114 Å². The van der Waals surface area contributed by atoms with Gasteiger partial charge < -0.3 is 5.32 Å². The highest BCUT2D eigenvalue weighted by atomic mass is 35.5. The number of nitrogens with zero attached hydrogens (tertiary/aromatic N) is 2. The highest BCUT2D eigenvalue weighted by Crippen LogP contribution is 2.22. The lowest BCUT2D eigenvalue weighted by molar-refractivity contribution is 0.570. The molecule has 2 heterocycles. The molecule has 0 saturated heterocycles. The second kappa shape index (κ2) is 5.91. The normalized spacial score (nSPS) is 12.9. The fourth-order valence-electron chi connectivity index (χ4n) is 1.38. The summed E-state index contributed by atoms with van der Waals surface area (Å²) in [7, 11) is 0. The first-order valence-corrected chi connectivity index (χ1v) is 7.48. The number of hydrogen-bond donors (Lipinski definition) is 1. The van der Waals surface area contributed by atoms with Crippen LogP contribution in [0.3, 0.4) is 0 Å². The molecule has 2 rings (SSSR count). The highest BCUT2D eigenvalue weighted by Gasteiger charge is 2.10. The van der Waals surface area contributed by atoms with Crippen molar-refractivity contribution >= 4 is 34.3 Å². The number of thiazole rings is 2. The van der Waals surface area contributed by atoms with Gasteiger partial charge in [-0.25, -0.2) is 9.97 Å². The van der Waals surface area contributed by atoms with E-state index in [2.05, 4.69) is 29.1 Å². The van der Waals surface area contributed by atoms with Crippen LogP contribution in [0.15, 0.2) is 12.4 Å². The maximum Gasteiger partial charge on any atom is 0.113 e. The number of nitrogens with one attached hydrogen (secondary N) is 1. The van der Waals surface area contributed by atoms with Gasteiger partial charge >= 0.3 is 0 Å². The maximum atomic E-state index is 5.83. The lowest BCUT2D eigenvalue weighted by Gasteiger charge is -2.08. The molecular formula is C11H14ClN3S2. The van der Waals surface area contributed by atoms with Gasteiger partial charge in [-0.15, -0.1) is 22.7 Å². The minimum absolute atomic E-state index is 0.253. The zero-order valence-corrected chi connectivity index (χ0v) is 12.1. The predicted molar refractivity (Wildman–Crippen MR) is 73.9 cm³/mol.